The molecule has 0 saturated heterocycles. The molecule has 0 aliphatic heterocycles. The first-order valence-corrected chi connectivity index (χ1v) is 5.50. The lowest BCUT2D eigenvalue weighted by molar-refractivity contribution is 0.0127. The van der Waals surface area contributed by atoms with E-state index >= 15 is 0 Å². The second-order valence-corrected chi connectivity index (χ2v) is 3.75. The minimum Gasteiger partial charge on any atom is -0.480 e. The molecular formula is C13H14N2O3. The van der Waals surface area contributed by atoms with E-state index < -0.39 is 12.2 Å². The number of aromatic nitrogens is 2. The van der Waals surface area contributed by atoms with Crippen LogP contribution in [0.5, 0.6) is 5.88 Å². The summed E-state index contributed by atoms with van der Waals surface area (Å²) in [6.45, 7) is 0. The smallest absolute Gasteiger partial charge is 0.238 e. The molecule has 2 atom stereocenters. The van der Waals surface area contributed by atoms with Crippen molar-refractivity contribution in [1.29, 1.82) is 0 Å². The van der Waals surface area contributed by atoms with E-state index in [1.807, 2.05) is 6.07 Å². The van der Waals surface area contributed by atoms with E-state index in [9.17, 15) is 10.2 Å². The molecule has 0 radical (unpaired) electrons. The fourth-order valence-electron chi connectivity index (χ4n) is 1.68. The lowest BCUT2D eigenvalue weighted by Gasteiger charge is -2.18. The van der Waals surface area contributed by atoms with Gasteiger partial charge in [-0.15, -0.1) is 0 Å². The van der Waals surface area contributed by atoms with Crippen LogP contribution in [0.1, 0.15) is 23.5 Å². The van der Waals surface area contributed by atoms with Crippen molar-refractivity contribution in [2.24, 2.45) is 0 Å². The number of nitrogens with zero attached hydrogens (tertiary/aromatic N) is 2. The zero-order chi connectivity index (χ0) is 13.0. The number of benzene rings is 1. The molecule has 2 aromatic rings. The van der Waals surface area contributed by atoms with E-state index in [-0.39, 0.29) is 11.6 Å². The number of ether oxygens (including phenoxy) is 1. The Balaban J connectivity index is 2.28. The average molecular weight is 246 g/mol. The van der Waals surface area contributed by atoms with E-state index in [1.165, 1.54) is 19.5 Å². The van der Waals surface area contributed by atoms with Crippen molar-refractivity contribution >= 4 is 0 Å². The molecule has 0 bridgehead atoms. The second kappa shape index (κ2) is 5.57. The summed E-state index contributed by atoms with van der Waals surface area (Å²) in [6.07, 6.45) is 0.649. The summed E-state index contributed by atoms with van der Waals surface area (Å²) < 4.78 is 5.01. The number of methoxy groups -OCH3 is 1. The summed E-state index contributed by atoms with van der Waals surface area (Å²) in [4.78, 5) is 7.94. The quantitative estimate of drug-likeness (QED) is 0.849. The Labute approximate surface area is 105 Å². The molecule has 2 rings (SSSR count). The van der Waals surface area contributed by atoms with E-state index in [1.54, 1.807) is 24.3 Å². The third-order valence-electron chi connectivity index (χ3n) is 2.60. The van der Waals surface area contributed by atoms with Crippen molar-refractivity contribution in [3.8, 4) is 5.88 Å². The van der Waals surface area contributed by atoms with E-state index in [4.69, 9.17) is 4.74 Å². The maximum Gasteiger partial charge on any atom is 0.238 e. The molecule has 0 spiro atoms. The van der Waals surface area contributed by atoms with Gasteiger partial charge in [0, 0.05) is 12.4 Å². The summed E-state index contributed by atoms with van der Waals surface area (Å²) in [5, 5.41) is 20.2. The molecule has 2 unspecified atom stereocenters. The van der Waals surface area contributed by atoms with Gasteiger partial charge in [0.25, 0.3) is 0 Å². The minimum absolute atomic E-state index is 0.208. The van der Waals surface area contributed by atoms with Crippen LogP contribution in [-0.2, 0) is 0 Å². The number of aliphatic hydroxyl groups is 2. The minimum atomic E-state index is -1.18. The molecule has 18 heavy (non-hydrogen) atoms. The molecule has 0 aliphatic rings. The topological polar surface area (TPSA) is 75.5 Å². The Bertz CT molecular complexity index is 505. The van der Waals surface area contributed by atoms with Gasteiger partial charge in [-0.1, -0.05) is 30.3 Å². The summed E-state index contributed by atoms with van der Waals surface area (Å²) >= 11 is 0. The Morgan fingerprint density at radius 3 is 2.33 bits per heavy atom. The zero-order valence-corrected chi connectivity index (χ0v) is 9.89. The number of hydrogen-bond acceptors (Lipinski definition) is 5. The lowest BCUT2D eigenvalue weighted by Crippen LogP contribution is -2.13. The third kappa shape index (κ3) is 2.47. The van der Waals surface area contributed by atoms with Gasteiger partial charge in [-0.3, -0.25) is 4.98 Å². The summed E-state index contributed by atoms with van der Waals surface area (Å²) in [7, 11) is 1.44. The molecule has 5 heteroatoms. The van der Waals surface area contributed by atoms with Crippen LogP contribution in [0.2, 0.25) is 0 Å². The van der Waals surface area contributed by atoms with Gasteiger partial charge in [0.2, 0.25) is 5.88 Å². The third-order valence-corrected chi connectivity index (χ3v) is 2.60. The highest BCUT2D eigenvalue weighted by molar-refractivity contribution is 5.25. The molecule has 0 saturated carbocycles. The summed E-state index contributed by atoms with van der Waals surface area (Å²) in [6, 6.07) is 8.89. The van der Waals surface area contributed by atoms with Crippen LogP contribution in [0, 0.1) is 0 Å². The predicted molar refractivity (Wildman–Crippen MR) is 64.9 cm³/mol. The van der Waals surface area contributed by atoms with Crippen LogP contribution < -0.4 is 4.74 Å². The SMILES string of the molecule is COc1nccnc1C(O)C(O)c1ccccc1. The van der Waals surface area contributed by atoms with Gasteiger partial charge in [0.1, 0.15) is 17.9 Å². The van der Waals surface area contributed by atoms with Crippen molar-refractivity contribution < 1.29 is 14.9 Å². The monoisotopic (exact) mass is 246 g/mol. The average Bonchev–Trinajstić information content (AvgIpc) is 2.46. The van der Waals surface area contributed by atoms with Crippen LogP contribution in [0.15, 0.2) is 42.7 Å². The molecule has 0 fully saturated rings. The molecular weight excluding hydrogens is 232 g/mol. The molecule has 5 nitrogen and oxygen atoms in total. The number of rotatable bonds is 4. The largest absolute Gasteiger partial charge is 0.480 e. The second-order valence-electron chi connectivity index (χ2n) is 3.75. The van der Waals surface area contributed by atoms with E-state index in [2.05, 4.69) is 9.97 Å². The molecule has 1 heterocycles. The number of aliphatic hydroxyl groups excluding tert-OH is 2. The van der Waals surface area contributed by atoms with Gasteiger partial charge in [-0.05, 0) is 5.56 Å². The van der Waals surface area contributed by atoms with E-state index in [0.29, 0.717) is 5.56 Å². The molecule has 0 aliphatic carbocycles. The molecule has 2 N–H and O–H groups in total. The van der Waals surface area contributed by atoms with Gasteiger partial charge < -0.3 is 14.9 Å². The van der Waals surface area contributed by atoms with Crippen molar-refractivity contribution in [3.05, 3.63) is 54.0 Å². The Morgan fingerprint density at radius 2 is 1.67 bits per heavy atom. The first-order chi connectivity index (χ1) is 8.74. The maximum absolute atomic E-state index is 10.1. The Hall–Kier alpha value is -1.98. The van der Waals surface area contributed by atoms with Gasteiger partial charge in [-0.2, -0.15) is 0 Å². The Kier molecular flexibility index (Phi) is 3.86. The van der Waals surface area contributed by atoms with Gasteiger partial charge in [-0.25, -0.2) is 4.98 Å². The van der Waals surface area contributed by atoms with Crippen molar-refractivity contribution in [2.75, 3.05) is 7.11 Å². The highest BCUT2D eigenvalue weighted by atomic mass is 16.5. The predicted octanol–water partition coefficient (Wildman–Crippen LogP) is 1.25. The van der Waals surface area contributed by atoms with Gasteiger partial charge in [0.15, 0.2) is 0 Å². The van der Waals surface area contributed by atoms with E-state index in [0.717, 1.165) is 0 Å². The fourth-order valence-corrected chi connectivity index (χ4v) is 1.68. The van der Waals surface area contributed by atoms with Crippen LogP contribution in [0.3, 0.4) is 0 Å². The normalized spacial score (nSPS) is 13.9. The first-order valence-electron chi connectivity index (χ1n) is 5.50. The molecule has 94 valence electrons. The molecule has 1 aromatic heterocycles. The van der Waals surface area contributed by atoms with Crippen LogP contribution >= 0.6 is 0 Å². The molecule has 1 aromatic carbocycles. The van der Waals surface area contributed by atoms with Crippen molar-refractivity contribution in [1.82, 2.24) is 9.97 Å². The Morgan fingerprint density at radius 1 is 1.00 bits per heavy atom. The number of hydrogen-bond donors (Lipinski definition) is 2. The fraction of sp³-hybridized carbons (Fsp3) is 0.231. The highest BCUT2D eigenvalue weighted by Crippen LogP contribution is 2.30. The van der Waals surface area contributed by atoms with Crippen LogP contribution in [0.4, 0.5) is 0 Å². The zero-order valence-electron chi connectivity index (χ0n) is 9.89. The summed E-state index contributed by atoms with van der Waals surface area (Å²) in [5.41, 5.74) is 0.828. The lowest BCUT2D eigenvalue weighted by atomic mass is 10.0. The first kappa shape index (κ1) is 12.5. The van der Waals surface area contributed by atoms with Crippen molar-refractivity contribution in [3.63, 3.8) is 0 Å². The highest BCUT2D eigenvalue weighted by Gasteiger charge is 2.25. The standard InChI is InChI=1S/C13H14N2O3/c1-18-13-10(14-7-8-15-13)12(17)11(16)9-5-3-2-4-6-9/h2-8,11-12,16-17H,1H3. The molecule has 0 amide bonds. The van der Waals surface area contributed by atoms with Gasteiger partial charge >= 0.3 is 0 Å². The maximum atomic E-state index is 10.1. The van der Waals surface area contributed by atoms with Gasteiger partial charge in [0.05, 0.1) is 7.11 Å². The summed E-state index contributed by atoms with van der Waals surface area (Å²) in [5.74, 6) is 0.208. The van der Waals surface area contributed by atoms with Crippen LogP contribution in [-0.4, -0.2) is 27.3 Å². The van der Waals surface area contributed by atoms with Crippen molar-refractivity contribution in [2.45, 2.75) is 12.2 Å². The van der Waals surface area contributed by atoms with Crippen LogP contribution in [0.25, 0.3) is 0 Å².